The van der Waals surface area contributed by atoms with Crippen LogP contribution in [0.5, 0.6) is 0 Å². The second kappa shape index (κ2) is 3.25. The molecule has 1 unspecified atom stereocenters. The van der Waals surface area contributed by atoms with E-state index in [-0.39, 0.29) is 0 Å². The van der Waals surface area contributed by atoms with Crippen LogP contribution in [-0.4, -0.2) is 0 Å². The summed E-state index contributed by atoms with van der Waals surface area (Å²) in [6.45, 7) is 6.91. The van der Waals surface area contributed by atoms with E-state index in [4.69, 9.17) is 0 Å². The molecule has 0 aromatic carbocycles. The molecule has 0 bridgehead atoms. The molecule has 1 atom stereocenters. The van der Waals surface area contributed by atoms with E-state index >= 15 is 0 Å². The minimum atomic E-state index is 0.472. The molecule has 1 aliphatic rings. The Balaban J connectivity index is 2.39. The van der Waals surface area contributed by atoms with E-state index in [9.17, 15) is 0 Å². The number of hydrogen-bond donors (Lipinski definition) is 0. The van der Waals surface area contributed by atoms with Crippen LogP contribution in [0.25, 0.3) is 0 Å². The number of allylic oxidation sites excluding steroid dienone is 4. The van der Waals surface area contributed by atoms with E-state index in [0.29, 0.717) is 5.41 Å². The first-order valence-electron chi connectivity index (χ1n) is 4.41. The first-order chi connectivity index (χ1) is 5.08. The van der Waals surface area contributed by atoms with Crippen molar-refractivity contribution < 1.29 is 0 Å². The van der Waals surface area contributed by atoms with Crippen LogP contribution in [-0.2, 0) is 0 Å². The predicted octanol–water partition coefficient (Wildman–Crippen LogP) is 3.55. The molecule has 0 aromatic heterocycles. The Bertz CT molecular complexity index is 167. The molecular formula is C11H18. The summed E-state index contributed by atoms with van der Waals surface area (Å²) in [7, 11) is 0. The Hall–Kier alpha value is -0.520. The molecule has 62 valence electrons. The van der Waals surface area contributed by atoms with Crippen molar-refractivity contribution in [3.8, 4) is 0 Å². The van der Waals surface area contributed by atoms with E-state index in [1.807, 2.05) is 0 Å². The maximum Gasteiger partial charge on any atom is -0.0191 e. The Morgan fingerprint density at radius 3 is 2.45 bits per heavy atom. The average Bonchev–Trinajstić information content (AvgIpc) is 1.85. The number of rotatable bonds is 1. The molecule has 0 saturated carbocycles. The molecule has 0 nitrogen and oxygen atoms in total. The van der Waals surface area contributed by atoms with Gasteiger partial charge in [-0.3, -0.25) is 0 Å². The van der Waals surface area contributed by atoms with Gasteiger partial charge in [-0.2, -0.15) is 0 Å². The van der Waals surface area contributed by atoms with Crippen LogP contribution in [0.2, 0.25) is 0 Å². The van der Waals surface area contributed by atoms with Crippen molar-refractivity contribution in [2.45, 2.75) is 33.6 Å². The summed E-state index contributed by atoms with van der Waals surface area (Å²) in [5.74, 6) is 0.778. The van der Waals surface area contributed by atoms with Gasteiger partial charge in [-0.05, 0) is 24.2 Å². The van der Waals surface area contributed by atoms with Gasteiger partial charge in [-0.1, -0.05) is 45.1 Å². The van der Waals surface area contributed by atoms with Crippen molar-refractivity contribution in [2.75, 3.05) is 0 Å². The second-order valence-electron chi connectivity index (χ2n) is 4.57. The molecule has 0 N–H and O–H groups in total. The summed E-state index contributed by atoms with van der Waals surface area (Å²) in [6.07, 6.45) is 11.4. The highest BCUT2D eigenvalue weighted by atomic mass is 14.2. The van der Waals surface area contributed by atoms with Crippen LogP contribution < -0.4 is 0 Å². The highest BCUT2D eigenvalue weighted by molar-refractivity contribution is 5.11. The SMILES string of the molecule is CC(C)(C)CC1C=CC=CC1. The van der Waals surface area contributed by atoms with Gasteiger partial charge in [0.1, 0.15) is 0 Å². The molecule has 0 fully saturated rings. The fourth-order valence-corrected chi connectivity index (χ4v) is 1.57. The predicted molar refractivity (Wildman–Crippen MR) is 50.5 cm³/mol. The topological polar surface area (TPSA) is 0 Å². The zero-order chi connectivity index (χ0) is 8.32. The van der Waals surface area contributed by atoms with Crippen LogP contribution in [0.1, 0.15) is 33.6 Å². The zero-order valence-electron chi connectivity index (χ0n) is 7.80. The van der Waals surface area contributed by atoms with Crippen molar-refractivity contribution >= 4 is 0 Å². The Morgan fingerprint density at radius 2 is 2.00 bits per heavy atom. The van der Waals surface area contributed by atoms with E-state index in [1.54, 1.807) is 0 Å². The molecule has 0 amide bonds. The van der Waals surface area contributed by atoms with Crippen molar-refractivity contribution in [2.24, 2.45) is 11.3 Å². The lowest BCUT2D eigenvalue weighted by molar-refractivity contribution is 0.325. The van der Waals surface area contributed by atoms with Gasteiger partial charge in [0.25, 0.3) is 0 Å². The van der Waals surface area contributed by atoms with Gasteiger partial charge in [0, 0.05) is 0 Å². The van der Waals surface area contributed by atoms with Gasteiger partial charge in [0.05, 0.1) is 0 Å². The second-order valence-corrected chi connectivity index (χ2v) is 4.57. The highest BCUT2D eigenvalue weighted by Crippen LogP contribution is 2.28. The van der Waals surface area contributed by atoms with E-state index in [0.717, 1.165) is 5.92 Å². The molecule has 11 heavy (non-hydrogen) atoms. The summed E-state index contributed by atoms with van der Waals surface area (Å²) >= 11 is 0. The third-order valence-corrected chi connectivity index (χ3v) is 1.94. The van der Waals surface area contributed by atoms with Crippen LogP contribution in [0.15, 0.2) is 24.3 Å². The fourth-order valence-electron chi connectivity index (χ4n) is 1.57. The smallest absolute Gasteiger partial charge is 0.0191 e. The van der Waals surface area contributed by atoms with Gasteiger partial charge in [-0.25, -0.2) is 0 Å². The van der Waals surface area contributed by atoms with Crippen molar-refractivity contribution in [1.82, 2.24) is 0 Å². The van der Waals surface area contributed by atoms with E-state index < -0.39 is 0 Å². The maximum atomic E-state index is 2.32. The van der Waals surface area contributed by atoms with Gasteiger partial charge in [0.2, 0.25) is 0 Å². The molecule has 0 heteroatoms. The van der Waals surface area contributed by atoms with Crippen LogP contribution in [0, 0.1) is 11.3 Å². The summed E-state index contributed by atoms with van der Waals surface area (Å²) in [4.78, 5) is 0. The summed E-state index contributed by atoms with van der Waals surface area (Å²) in [5, 5.41) is 0. The van der Waals surface area contributed by atoms with E-state index in [2.05, 4.69) is 45.1 Å². The zero-order valence-corrected chi connectivity index (χ0v) is 7.80. The first-order valence-corrected chi connectivity index (χ1v) is 4.41. The maximum absolute atomic E-state index is 2.32. The van der Waals surface area contributed by atoms with Gasteiger partial charge >= 0.3 is 0 Å². The van der Waals surface area contributed by atoms with Crippen molar-refractivity contribution in [1.29, 1.82) is 0 Å². The summed E-state index contributed by atoms with van der Waals surface area (Å²) in [6, 6.07) is 0. The highest BCUT2D eigenvalue weighted by Gasteiger charge is 2.16. The van der Waals surface area contributed by atoms with Crippen LogP contribution in [0.4, 0.5) is 0 Å². The summed E-state index contributed by atoms with van der Waals surface area (Å²) < 4.78 is 0. The molecule has 0 aliphatic heterocycles. The minimum absolute atomic E-state index is 0.472. The quantitative estimate of drug-likeness (QED) is 0.536. The van der Waals surface area contributed by atoms with Gasteiger partial charge in [-0.15, -0.1) is 0 Å². The molecule has 1 rings (SSSR count). The molecule has 0 spiro atoms. The molecule has 0 heterocycles. The molecule has 1 aliphatic carbocycles. The monoisotopic (exact) mass is 150 g/mol. The lowest BCUT2D eigenvalue weighted by Gasteiger charge is -2.23. The first kappa shape index (κ1) is 8.58. The van der Waals surface area contributed by atoms with Crippen LogP contribution >= 0.6 is 0 Å². The van der Waals surface area contributed by atoms with Crippen molar-refractivity contribution in [3.63, 3.8) is 0 Å². The molecule has 0 aromatic rings. The third kappa shape index (κ3) is 3.41. The van der Waals surface area contributed by atoms with E-state index in [1.165, 1.54) is 12.8 Å². The Morgan fingerprint density at radius 1 is 1.27 bits per heavy atom. The molecule has 0 saturated heterocycles. The lowest BCUT2D eigenvalue weighted by atomic mass is 9.82. The molecular weight excluding hydrogens is 132 g/mol. The average molecular weight is 150 g/mol. The summed E-state index contributed by atoms with van der Waals surface area (Å²) in [5.41, 5.74) is 0.472. The Kier molecular flexibility index (Phi) is 2.53. The third-order valence-electron chi connectivity index (χ3n) is 1.94. The molecule has 0 radical (unpaired) electrons. The van der Waals surface area contributed by atoms with Crippen molar-refractivity contribution in [3.05, 3.63) is 24.3 Å². The van der Waals surface area contributed by atoms with Crippen LogP contribution in [0.3, 0.4) is 0 Å². The lowest BCUT2D eigenvalue weighted by Crippen LogP contribution is -2.11. The fraction of sp³-hybridized carbons (Fsp3) is 0.636. The minimum Gasteiger partial charge on any atom is -0.0840 e. The largest absolute Gasteiger partial charge is 0.0840 e. The normalized spacial score (nSPS) is 24.1. The van der Waals surface area contributed by atoms with Gasteiger partial charge < -0.3 is 0 Å². The standard InChI is InChI=1S/C11H18/c1-11(2,3)9-10-7-5-4-6-8-10/h4-7,10H,8-9H2,1-3H3. The van der Waals surface area contributed by atoms with Gasteiger partial charge in [0.15, 0.2) is 0 Å². The number of hydrogen-bond acceptors (Lipinski definition) is 0. The Labute approximate surface area is 70.0 Å².